The monoisotopic (exact) mass is 382 g/mol. The van der Waals surface area contributed by atoms with Gasteiger partial charge in [0.05, 0.1) is 19.9 Å². The summed E-state index contributed by atoms with van der Waals surface area (Å²) in [6, 6.07) is 13.9. The lowest BCUT2D eigenvalue weighted by atomic mass is 10.2. The number of nitrogens with one attached hydrogen (secondary N) is 2. The highest BCUT2D eigenvalue weighted by atomic mass is 32.1. The van der Waals surface area contributed by atoms with Crippen LogP contribution in [0.1, 0.15) is 21.0 Å². The number of benzene rings is 1. The zero-order chi connectivity index (χ0) is 19.1. The second-order valence-electron chi connectivity index (χ2n) is 5.52. The van der Waals surface area contributed by atoms with E-state index in [4.69, 9.17) is 9.15 Å². The quantitative estimate of drug-likeness (QED) is 0.614. The van der Waals surface area contributed by atoms with E-state index in [1.54, 1.807) is 49.6 Å². The standard InChI is InChI=1S/C20H18N2O4S/c1-25-15-8-6-14(7-9-15)19(23)22-18(12-17-5-3-11-27-17)20(24)21-13-16-4-2-10-26-16/h2-12H,13H2,1H3,(H,21,24)(H,22,23)/b18-12-. The molecule has 0 aliphatic heterocycles. The minimum Gasteiger partial charge on any atom is -0.497 e. The molecule has 0 fully saturated rings. The van der Waals surface area contributed by atoms with E-state index in [0.717, 1.165) is 4.88 Å². The van der Waals surface area contributed by atoms with E-state index >= 15 is 0 Å². The lowest BCUT2D eigenvalue weighted by Crippen LogP contribution is -2.34. The summed E-state index contributed by atoms with van der Waals surface area (Å²) in [7, 11) is 1.56. The first kappa shape index (κ1) is 18.5. The second-order valence-corrected chi connectivity index (χ2v) is 6.50. The van der Waals surface area contributed by atoms with E-state index in [-0.39, 0.29) is 18.1 Å². The Kier molecular flexibility index (Phi) is 6.06. The molecular weight excluding hydrogens is 364 g/mol. The fourth-order valence-electron chi connectivity index (χ4n) is 2.29. The van der Waals surface area contributed by atoms with Crippen LogP contribution in [0.15, 0.2) is 70.3 Å². The average Bonchev–Trinajstić information content (AvgIpc) is 3.39. The van der Waals surface area contributed by atoms with Crippen molar-refractivity contribution in [2.45, 2.75) is 6.54 Å². The summed E-state index contributed by atoms with van der Waals surface area (Å²) in [5.41, 5.74) is 0.580. The van der Waals surface area contributed by atoms with Crippen molar-refractivity contribution >= 4 is 29.2 Å². The van der Waals surface area contributed by atoms with Gasteiger partial charge in [-0.3, -0.25) is 9.59 Å². The highest BCUT2D eigenvalue weighted by Crippen LogP contribution is 2.15. The molecule has 3 aromatic rings. The molecule has 6 nitrogen and oxygen atoms in total. The maximum atomic E-state index is 12.6. The molecule has 0 aliphatic carbocycles. The number of amides is 2. The van der Waals surface area contributed by atoms with E-state index in [1.165, 1.54) is 17.6 Å². The topological polar surface area (TPSA) is 80.6 Å². The summed E-state index contributed by atoms with van der Waals surface area (Å²) in [6.45, 7) is 0.228. The van der Waals surface area contributed by atoms with Gasteiger partial charge >= 0.3 is 0 Å². The van der Waals surface area contributed by atoms with Crippen molar-refractivity contribution in [3.63, 3.8) is 0 Å². The minimum absolute atomic E-state index is 0.157. The van der Waals surface area contributed by atoms with Gasteiger partial charge in [0.1, 0.15) is 17.2 Å². The van der Waals surface area contributed by atoms with Gasteiger partial charge in [-0.25, -0.2) is 0 Å². The third-order valence-corrected chi connectivity index (χ3v) is 4.50. The van der Waals surface area contributed by atoms with E-state index in [2.05, 4.69) is 10.6 Å². The Balaban J connectivity index is 1.74. The number of hydrogen-bond donors (Lipinski definition) is 2. The lowest BCUT2D eigenvalue weighted by molar-refractivity contribution is -0.118. The normalized spacial score (nSPS) is 11.1. The first-order chi connectivity index (χ1) is 13.2. The van der Waals surface area contributed by atoms with Gasteiger partial charge in [0.25, 0.3) is 11.8 Å². The van der Waals surface area contributed by atoms with Crippen LogP contribution in [0.5, 0.6) is 5.75 Å². The van der Waals surface area contributed by atoms with Crippen LogP contribution in [-0.2, 0) is 11.3 Å². The number of ether oxygens (including phenoxy) is 1. The zero-order valence-corrected chi connectivity index (χ0v) is 15.4. The Morgan fingerprint density at radius 2 is 1.96 bits per heavy atom. The first-order valence-electron chi connectivity index (χ1n) is 8.17. The van der Waals surface area contributed by atoms with Gasteiger partial charge in [0, 0.05) is 10.4 Å². The Morgan fingerprint density at radius 3 is 2.59 bits per heavy atom. The number of hydrogen-bond acceptors (Lipinski definition) is 5. The summed E-state index contributed by atoms with van der Waals surface area (Å²) in [5.74, 6) is 0.493. The van der Waals surface area contributed by atoms with Gasteiger partial charge in [-0.05, 0) is 53.9 Å². The van der Waals surface area contributed by atoms with Crippen molar-refractivity contribution in [2.24, 2.45) is 0 Å². The summed E-state index contributed by atoms with van der Waals surface area (Å²) >= 11 is 1.47. The summed E-state index contributed by atoms with van der Waals surface area (Å²) in [6.07, 6.45) is 3.18. The molecule has 0 atom stereocenters. The minimum atomic E-state index is -0.401. The molecule has 2 heterocycles. The number of furan rings is 1. The van der Waals surface area contributed by atoms with Crippen molar-refractivity contribution in [1.82, 2.24) is 10.6 Å². The fourth-order valence-corrected chi connectivity index (χ4v) is 2.94. The predicted octanol–water partition coefficient (Wildman–Crippen LogP) is 3.44. The van der Waals surface area contributed by atoms with Crippen molar-refractivity contribution < 1.29 is 18.7 Å². The lowest BCUT2D eigenvalue weighted by Gasteiger charge is -2.10. The number of rotatable bonds is 7. The molecule has 0 bridgehead atoms. The number of methoxy groups -OCH3 is 1. The number of thiophene rings is 1. The summed E-state index contributed by atoms with van der Waals surface area (Å²) in [5, 5.41) is 7.32. The fraction of sp³-hybridized carbons (Fsp3) is 0.100. The van der Waals surface area contributed by atoms with Crippen LogP contribution in [0.3, 0.4) is 0 Å². The van der Waals surface area contributed by atoms with Gasteiger partial charge in [0.15, 0.2) is 0 Å². The number of carbonyl (C=O) groups excluding carboxylic acids is 2. The molecule has 0 saturated carbocycles. The van der Waals surface area contributed by atoms with Crippen molar-refractivity contribution in [2.75, 3.05) is 7.11 Å². The SMILES string of the molecule is COc1ccc(C(=O)N/C(=C\c2cccs2)C(=O)NCc2ccco2)cc1. The van der Waals surface area contributed by atoms with Gasteiger partial charge in [-0.15, -0.1) is 11.3 Å². The average molecular weight is 382 g/mol. The molecule has 7 heteroatoms. The van der Waals surface area contributed by atoms with E-state index in [9.17, 15) is 9.59 Å². The largest absolute Gasteiger partial charge is 0.497 e. The van der Waals surface area contributed by atoms with Crippen LogP contribution >= 0.6 is 11.3 Å². The highest BCUT2D eigenvalue weighted by molar-refractivity contribution is 7.10. The predicted molar refractivity (Wildman–Crippen MR) is 103 cm³/mol. The molecule has 0 spiro atoms. The van der Waals surface area contributed by atoms with E-state index < -0.39 is 5.91 Å². The van der Waals surface area contributed by atoms with Crippen molar-refractivity contribution in [3.8, 4) is 5.75 Å². The molecule has 0 saturated heterocycles. The molecule has 0 radical (unpaired) electrons. The molecule has 2 N–H and O–H groups in total. The van der Waals surface area contributed by atoms with Gasteiger partial charge < -0.3 is 19.8 Å². The Morgan fingerprint density at radius 1 is 1.15 bits per heavy atom. The Labute approximate surface area is 160 Å². The molecule has 2 amide bonds. The third kappa shape index (κ3) is 5.08. The third-order valence-electron chi connectivity index (χ3n) is 3.68. The van der Waals surface area contributed by atoms with E-state index in [1.807, 2.05) is 17.5 Å². The maximum Gasteiger partial charge on any atom is 0.268 e. The zero-order valence-electron chi connectivity index (χ0n) is 14.6. The summed E-state index contributed by atoms with van der Waals surface area (Å²) < 4.78 is 10.3. The van der Waals surface area contributed by atoms with Gasteiger partial charge in [0.2, 0.25) is 0 Å². The molecule has 3 rings (SSSR count). The second kappa shape index (κ2) is 8.86. The van der Waals surface area contributed by atoms with E-state index in [0.29, 0.717) is 17.1 Å². The maximum absolute atomic E-state index is 12.6. The molecule has 138 valence electrons. The van der Waals surface area contributed by atoms with Crippen molar-refractivity contribution in [3.05, 3.63) is 82.1 Å². The number of carbonyl (C=O) groups is 2. The Bertz CT molecular complexity index is 914. The molecule has 1 aromatic carbocycles. The molecular formula is C20H18N2O4S. The molecule has 2 aromatic heterocycles. The molecule has 0 aliphatic rings. The first-order valence-corrected chi connectivity index (χ1v) is 9.05. The van der Waals surface area contributed by atoms with Crippen LogP contribution in [0.2, 0.25) is 0 Å². The highest BCUT2D eigenvalue weighted by Gasteiger charge is 2.15. The van der Waals surface area contributed by atoms with Crippen LogP contribution in [0.25, 0.3) is 6.08 Å². The van der Waals surface area contributed by atoms with Crippen LogP contribution in [0, 0.1) is 0 Å². The molecule has 0 unspecified atom stereocenters. The van der Waals surface area contributed by atoms with Crippen LogP contribution in [0.4, 0.5) is 0 Å². The van der Waals surface area contributed by atoms with Crippen LogP contribution < -0.4 is 15.4 Å². The van der Waals surface area contributed by atoms with Gasteiger partial charge in [-0.2, -0.15) is 0 Å². The van der Waals surface area contributed by atoms with Crippen LogP contribution in [-0.4, -0.2) is 18.9 Å². The molecule has 27 heavy (non-hydrogen) atoms. The smallest absolute Gasteiger partial charge is 0.268 e. The van der Waals surface area contributed by atoms with Gasteiger partial charge in [-0.1, -0.05) is 6.07 Å². The summed E-state index contributed by atoms with van der Waals surface area (Å²) in [4.78, 5) is 26.0. The Hall–Kier alpha value is -3.32. The van der Waals surface area contributed by atoms with Crippen molar-refractivity contribution in [1.29, 1.82) is 0 Å².